The summed E-state index contributed by atoms with van der Waals surface area (Å²) in [5.41, 5.74) is 1.74. The Balaban J connectivity index is 0.00000242. The van der Waals surface area contributed by atoms with Gasteiger partial charge in [-0.2, -0.15) is 11.8 Å². The topological polar surface area (TPSA) is 36.4 Å². The number of aliphatic imine (C=N–C) groups is 1. The third-order valence-corrected chi connectivity index (χ3v) is 5.06. The molecule has 2 N–H and O–H groups in total. The molecule has 124 valence electrons. The minimum atomic E-state index is -0.157. The van der Waals surface area contributed by atoms with Gasteiger partial charge in [0.05, 0.1) is 0 Å². The molecule has 1 aliphatic rings. The number of rotatable bonds is 4. The molecule has 0 heterocycles. The number of nitrogens with zero attached hydrogens (tertiary/aromatic N) is 1. The van der Waals surface area contributed by atoms with E-state index in [0.29, 0.717) is 18.2 Å². The van der Waals surface area contributed by atoms with Crippen LogP contribution >= 0.6 is 35.7 Å². The predicted molar refractivity (Wildman–Crippen MR) is 105 cm³/mol. The lowest BCUT2D eigenvalue weighted by Gasteiger charge is -2.17. The molecule has 6 heteroatoms. The van der Waals surface area contributed by atoms with E-state index in [0.717, 1.165) is 16.8 Å². The van der Waals surface area contributed by atoms with Crippen LogP contribution in [0.2, 0.25) is 0 Å². The van der Waals surface area contributed by atoms with Gasteiger partial charge in [0.25, 0.3) is 0 Å². The summed E-state index contributed by atoms with van der Waals surface area (Å²) in [7, 11) is 1.78. The quantitative estimate of drug-likeness (QED) is 0.429. The summed E-state index contributed by atoms with van der Waals surface area (Å²) in [6.45, 7) is 2.44. The molecule has 1 aliphatic carbocycles. The van der Waals surface area contributed by atoms with Crippen molar-refractivity contribution < 1.29 is 4.39 Å². The Kier molecular flexibility index (Phi) is 8.53. The minimum absolute atomic E-state index is 0. The van der Waals surface area contributed by atoms with Crippen LogP contribution in [0.1, 0.15) is 30.4 Å². The fraction of sp³-hybridized carbons (Fsp3) is 0.562. The molecule has 0 radical (unpaired) electrons. The number of guanidine groups is 1. The molecule has 1 saturated carbocycles. The van der Waals surface area contributed by atoms with E-state index in [2.05, 4.69) is 21.9 Å². The Morgan fingerprint density at radius 3 is 2.77 bits per heavy atom. The summed E-state index contributed by atoms with van der Waals surface area (Å²) >= 11 is 1.95. The van der Waals surface area contributed by atoms with Crippen molar-refractivity contribution in [2.45, 2.75) is 44.0 Å². The van der Waals surface area contributed by atoms with Crippen LogP contribution in [0.4, 0.5) is 4.39 Å². The van der Waals surface area contributed by atoms with Crippen molar-refractivity contribution in [2.75, 3.05) is 13.3 Å². The molecule has 22 heavy (non-hydrogen) atoms. The average Bonchev–Trinajstić information content (AvgIpc) is 2.94. The van der Waals surface area contributed by atoms with Gasteiger partial charge in [0, 0.05) is 24.9 Å². The number of halogens is 2. The van der Waals surface area contributed by atoms with Crippen LogP contribution in [-0.2, 0) is 6.54 Å². The fourth-order valence-corrected chi connectivity index (χ4v) is 3.47. The molecule has 2 rings (SSSR count). The molecule has 1 aromatic carbocycles. The van der Waals surface area contributed by atoms with E-state index < -0.39 is 0 Å². The first-order chi connectivity index (χ1) is 10.1. The molecule has 0 bridgehead atoms. The van der Waals surface area contributed by atoms with E-state index in [1.165, 1.54) is 25.3 Å². The molecular formula is C16H25FIN3S. The zero-order valence-electron chi connectivity index (χ0n) is 13.4. The Bertz CT molecular complexity index is 510. The number of thioether (sulfide) groups is 1. The van der Waals surface area contributed by atoms with Crippen LogP contribution in [0.5, 0.6) is 0 Å². The Labute approximate surface area is 154 Å². The molecule has 2 atom stereocenters. The molecule has 2 unspecified atom stereocenters. The Morgan fingerprint density at radius 1 is 1.41 bits per heavy atom. The monoisotopic (exact) mass is 437 g/mol. The van der Waals surface area contributed by atoms with Crippen LogP contribution < -0.4 is 10.6 Å². The third-order valence-electron chi connectivity index (χ3n) is 3.96. The summed E-state index contributed by atoms with van der Waals surface area (Å²) in [5, 5.41) is 7.54. The van der Waals surface area contributed by atoms with E-state index in [-0.39, 0.29) is 29.8 Å². The second kappa shape index (κ2) is 9.60. The first-order valence-corrected chi connectivity index (χ1v) is 8.66. The summed E-state index contributed by atoms with van der Waals surface area (Å²) in [6, 6.07) is 5.70. The van der Waals surface area contributed by atoms with Crippen LogP contribution in [0.3, 0.4) is 0 Å². The maximum atomic E-state index is 13.2. The maximum Gasteiger partial charge on any atom is 0.191 e. The van der Waals surface area contributed by atoms with Crippen molar-refractivity contribution in [3.63, 3.8) is 0 Å². The van der Waals surface area contributed by atoms with Crippen LogP contribution in [0.25, 0.3) is 0 Å². The summed E-state index contributed by atoms with van der Waals surface area (Å²) in [6.07, 6.45) is 5.84. The van der Waals surface area contributed by atoms with Gasteiger partial charge in [0.15, 0.2) is 5.96 Å². The SMILES string of the molecule is CN=C(NCc1ccc(F)c(C)c1)NC1CCC(SC)C1.I. The Morgan fingerprint density at radius 2 is 2.18 bits per heavy atom. The van der Waals surface area contributed by atoms with Gasteiger partial charge in [-0.25, -0.2) is 4.39 Å². The molecule has 0 amide bonds. The van der Waals surface area contributed by atoms with Crippen molar-refractivity contribution in [3.8, 4) is 0 Å². The van der Waals surface area contributed by atoms with Crippen molar-refractivity contribution in [2.24, 2.45) is 4.99 Å². The van der Waals surface area contributed by atoms with Crippen LogP contribution in [-0.4, -0.2) is 30.6 Å². The molecule has 0 spiro atoms. The fourth-order valence-electron chi connectivity index (χ4n) is 2.68. The lowest BCUT2D eigenvalue weighted by atomic mass is 10.1. The van der Waals surface area contributed by atoms with E-state index in [9.17, 15) is 4.39 Å². The first-order valence-electron chi connectivity index (χ1n) is 7.37. The zero-order valence-corrected chi connectivity index (χ0v) is 16.5. The van der Waals surface area contributed by atoms with Crippen molar-refractivity contribution >= 4 is 41.7 Å². The highest BCUT2D eigenvalue weighted by Gasteiger charge is 2.24. The molecule has 3 nitrogen and oxygen atoms in total. The third kappa shape index (κ3) is 5.61. The van der Waals surface area contributed by atoms with Crippen molar-refractivity contribution in [3.05, 3.63) is 35.1 Å². The standard InChI is InChI=1S/C16H24FN3S.HI/c1-11-8-12(4-7-15(11)17)10-19-16(18-2)20-13-5-6-14(9-13)21-3;/h4,7-8,13-14H,5-6,9-10H2,1-3H3,(H2,18,19,20);1H. The van der Waals surface area contributed by atoms with Gasteiger partial charge in [-0.3, -0.25) is 4.99 Å². The normalized spacial score (nSPS) is 21.4. The van der Waals surface area contributed by atoms with Gasteiger partial charge in [-0.1, -0.05) is 12.1 Å². The van der Waals surface area contributed by atoms with Gasteiger partial charge in [0.1, 0.15) is 5.82 Å². The number of benzene rings is 1. The summed E-state index contributed by atoms with van der Waals surface area (Å²) < 4.78 is 13.2. The molecule has 0 aliphatic heterocycles. The molecule has 0 aromatic heterocycles. The van der Waals surface area contributed by atoms with Gasteiger partial charge in [-0.15, -0.1) is 24.0 Å². The predicted octanol–water partition coefficient (Wildman–Crippen LogP) is 3.70. The van der Waals surface area contributed by atoms with Crippen molar-refractivity contribution in [1.82, 2.24) is 10.6 Å². The van der Waals surface area contributed by atoms with E-state index >= 15 is 0 Å². The molecular weight excluding hydrogens is 412 g/mol. The van der Waals surface area contributed by atoms with Gasteiger partial charge < -0.3 is 10.6 Å². The van der Waals surface area contributed by atoms with Gasteiger partial charge >= 0.3 is 0 Å². The molecule has 0 saturated heterocycles. The Hall–Kier alpha value is -0.500. The first kappa shape index (κ1) is 19.5. The summed E-state index contributed by atoms with van der Waals surface area (Å²) in [5.74, 6) is 0.666. The largest absolute Gasteiger partial charge is 0.354 e. The number of aryl methyl sites for hydroxylation is 1. The number of hydrogen-bond acceptors (Lipinski definition) is 2. The molecule has 1 aromatic rings. The highest BCUT2D eigenvalue weighted by molar-refractivity contribution is 14.0. The lowest BCUT2D eigenvalue weighted by Crippen LogP contribution is -2.42. The maximum absolute atomic E-state index is 13.2. The van der Waals surface area contributed by atoms with E-state index in [1.807, 2.05) is 23.9 Å². The highest BCUT2D eigenvalue weighted by atomic mass is 127. The van der Waals surface area contributed by atoms with Gasteiger partial charge in [-0.05, 0) is 49.6 Å². The lowest BCUT2D eigenvalue weighted by molar-refractivity contribution is 0.612. The second-order valence-corrected chi connectivity index (χ2v) is 6.66. The minimum Gasteiger partial charge on any atom is -0.354 e. The van der Waals surface area contributed by atoms with Crippen molar-refractivity contribution in [1.29, 1.82) is 0 Å². The van der Waals surface area contributed by atoms with E-state index in [1.54, 1.807) is 14.0 Å². The number of nitrogens with one attached hydrogen (secondary N) is 2. The smallest absolute Gasteiger partial charge is 0.191 e. The van der Waals surface area contributed by atoms with Gasteiger partial charge in [0.2, 0.25) is 0 Å². The zero-order chi connectivity index (χ0) is 15.2. The highest BCUT2D eigenvalue weighted by Crippen LogP contribution is 2.27. The average molecular weight is 437 g/mol. The summed E-state index contributed by atoms with van der Waals surface area (Å²) in [4.78, 5) is 4.27. The number of hydrogen-bond donors (Lipinski definition) is 2. The van der Waals surface area contributed by atoms with Crippen LogP contribution in [0, 0.1) is 12.7 Å². The second-order valence-electron chi connectivity index (χ2n) is 5.52. The van der Waals surface area contributed by atoms with Crippen LogP contribution in [0.15, 0.2) is 23.2 Å². The van der Waals surface area contributed by atoms with E-state index in [4.69, 9.17) is 0 Å². The molecule has 1 fully saturated rings.